The van der Waals surface area contributed by atoms with E-state index in [1.165, 1.54) is 13.2 Å². The van der Waals surface area contributed by atoms with Crippen molar-refractivity contribution >= 4 is 40.8 Å². The molecule has 2 rings (SSSR count). The van der Waals surface area contributed by atoms with Gasteiger partial charge >= 0.3 is 5.97 Å². The summed E-state index contributed by atoms with van der Waals surface area (Å²) in [5.74, 6) is -5.44. The predicted octanol–water partition coefficient (Wildman–Crippen LogP) is 5.54. The zero-order valence-electron chi connectivity index (χ0n) is 14.1. The molecule has 0 saturated heterocycles. The number of hydrogen-bond donors (Lipinski definition) is 0. The number of ether oxygens (including phenoxy) is 2. The monoisotopic (exact) mass is 430 g/mol. The van der Waals surface area contributed by atoms with E-state index in [1.807, 2.05) is 13.8 Å². The number of halogens is 6. The third-order valence-corrected chi connectivity index (χ3v) is 5.21. The van der Waals surface area contributed by atoms with Gasteiger partial charge in [-0.3, -0.25) is 4.79 Å². The van der Waals surface area contributed by atoms with Crippen LogP contribution in [0.25, 0.3) is 0 Å². The first-order valence-corrected chi connectivity index (χ1v) is 8.69. The molecule has 0 aliphatic heterocycles. The average Bonchev–Trinajstić information content (AvgIpc) is 3.09. The van der Waals surface area contributed by atoms with Crippen LogP contribution < -0.4 is 0 Å². The van der Waals surface area contributed by atoms with Crippen molar-refractivity contribution in [3.8, 4) is 0 Å². The molecular formula is C17H16Cl3F3O3. The number of benzene rings is 1. The van der Waals surface area contributed by atoms with Gasteiger partial charge in [0.25, 0.3) is 0 Å². The molecule has 0 aromatic heterocycles. The van der Waals surface area contributed by atoms with Gasteiger partial charge in [-0.1, -0.05) is 48.7 Å². The number of allylic oxidation sites excluding steroid dienone is 1. The molecule has 0 spiro atoms. The van der Waals surface area contributed by atoms with Crippen LogP contribution >= 0.6 is 34.8 Å². The highest BCUT2D eigenvalue weighted by atomic mass is 35.5. The first-order valence-electron chi connectivity index (χ1n) is 7.56. The van der Waals surface area contributed by atoms with Crippen LogP contribution in [0.3, 0.4) is 0 Å². The largest absolute Gasteiger partial charge is 0.460 e. The second-order valence-electron chi connectivity index (χ2n) is 6.53. The number of methoxy groups -OCH3 is 1. The summed E-state index contributed by atoms with van der Waals surface area (Å²) in [5, 5.41) is -0.654. The molecule has 26 heavy (non-hydrogen) atoms. The normalized spacial score (nSPS) is 20.7. The Morgan fingerprint density at radius 1 is 1.12 bits per heavy atom. The van der Waals surface area contributed by atoms with Crippen LogP contribution in [0.4, 0.5) is 13.2 Å². The van der Waals surface area contributed by atoms with Crippen LogP contribution in [-0.4, -0.2) is 13.1 Å². The SMILES string of the molecule is COCc1c(F)c(F)c(COC(=O)C2C(C=C(Cl)Cl)C2(C)C)c(Cl)c1F. The molecule has 0 N–H and O–H groups in total. The lowest BCUT2D eigenvalue weighted by Crippen LogP contribution is -2.13. The van der Waals surface area contributed by atoms with Crippen molar-refractivity contribution in [2.45, 2.75) is 27.1 Å². The van der Waals surface area contributed by atoms with Crippen molar-refractivity contribution in [1.29, 1.82) is 0 Å². The molecule has 1 aromatic rings. The highest BCUT2D eigenvalue weighted by molar-refractivity contribution is 6.55. The van der Waals surface area contributed by atoms with Crippen molar-refractivity contribution in [2.75, 3.05) is 7.11 Å². The van der Waals surface area contributed by atoms with E-state index >= 15 is 0 Å². The maximum absolute atomic E-state index is 14.2. The molecular weight excluding hydrogens is 416 g/mol. The molecule has 2 atom stereocenters. The second-order valence-corrected chi connectivity index (χ2v) is 7.92. The van der Waals surface area contributed by atoms with Crippen LogP contribution in [0.5, 0.6) is 0 Å². The Bertz CT molecular complexity index is 732. The Hall–Kier alpha value is -0.950. The van der Waals surface area contributed by atoms with E-state index in [1.54, 1.807) is 0 Å². The zero-order chi connectivity index (χ0) is 19.8. The van der Waals surface area contributed by atoms with Crippen molar-refractivity contribution < 1.29 is 27.4 Å². The molecule has 1 aliphatic carbocycles. The highest BCUT2D eigenvalue weighted by Gasteiger charge is 2.61. The van der Waals surface area contributed by atoms with Gasteiger partial charge in [-0.2, -0.15) is 0 Å². The van der Waals surface area contributed by atoms with E-state index in [4.69, 9.17) is 39.5 Å². The summed E-state index contributed by atoms with van der Waals surface area (Å²) in [6.07, 6.45) is 1.52. The quantitative estimate of drug-likeness (QED) is 0.438. The van der Waals surface area contributed by atoms with Gasteiger partial charge in [-0.05, 0) is 17.4 Å². The van der Waals surface area contributed by atoms with E-state index < -0.39 is 64.1 Å². The van der Waals surface area contributed by atoms with Crippen LogP contribution in [0.15, 0.2) is 10.6 Å². The lowest BCUT2D eigenvalue weighted by atomic mass is 10.1. The summed E-state index contributed by atoms with van der Waals surface area (Å²) < 4.78 is 51.9. The maximum Gasteiger partial charge on any atom is 0.310 e. The number of carbonyl (C=O) groups is 1. The summed E-state index contributed by atoms with van der Waals surface area (Å²) in [4.78, 5) is 12.2. The molecule has 3 nitrogen and oxygen atoms in total. The number of carbonyl (C=O) groups excluding carboxylic acids is 1. The van der Waals surface area contributed by atoms with Gasteiger partial charge in [0.1, 0.15) is 11.1 Å². The summed E-state index contributed by atoms with van der Waals surface area (Å²) in [6, 6.07) is 0. The number of rotatable bonds is 6. The molecule has 1 fully saturated rings. The van der Waals surface area contributed by atoms with Crippen molar-refractivity contribution in [2.24, 2.45) is 17.3 Å². The lowest BCUT2D eigenvalue weighted by molar-refractivity contribution is -0.147. The second kappa shape index (κ2) is 7.97. The fraction of sp³-hybridized carbons (Fsp3) is 0.471. The fourth-order valence-electron chi connectivity index (χ4n) is 2.93. The molecule has 0 bridgehead atoms. The predicted molar refractivity (Wildman–Crippen MR) is 92.4 cm³/mol. The standard InChI is InChI=1S/C17H16Cl3F3O3/c1-17(2)9(4-10(18)19)11(17)16(24)26-6-7-12(20)13(21)8(5-25-3)15(23)14(7)22/h4,9,11H,5-6H2,1-3H3. The van der Waals surface area contributed by atoms with Gasteiger partial charge in [0.15, 0.2) is 17.5 Å². The van der Waals surface area contributed by atoms with Crippen LogP contribution in [0, 0.1) is 34.7 Å². The number of hydrogen-bond acceptors (Lipinski definition) is 3. The van der Waals surface area contributed by atoms with Gasteiger partial charge in [-0.25, -0.2) is 13.2 Å². The Morgan fingerprint density at radius 2 is 1.69 bits per heavy atom. The Kier molecular flexibility index (Phi) is 6.54. The minimum absolute atomic E-state index is 0.0188. The Labute approximate surface area is 164 Å². The van der Waals surface area contributed by atoms with Crippen molar-refractivity contribution in [3.05, 3.63) is 44.2 Å². The summed E-state index contributed by atoms with van der Waals surface area (Å²) in [6.45, 7) is 2.42. The smallest absolute Gasteiger partial charge is 0.310 e. The molecule has 1 aromatic carbocycles. The molecule has 2 unspecified atom stereocenters. The minimum Gasteiger partial charge on any atom is -0.460 e. The van der Waals surface area contributed by atoms with E-state index in [9.17, 15) is 18.0 Å². The summed E-state index contributed by atoms with van der Waals surface area (Å²) in [7, 11) is 1.20. The van der Waals surface area contributed by atoms with Crippen molar-refractivity contribution in [1.82, 2.24) is 0 Å². The van der Waals surface area contributed by atoms with Crippen LogP contribution in [0.2, 0.25) is 5.02 Å². The first kappa shape index (κ1) is 21.4. The highest BCUT2D eigenvalue weighted by Crippen LogP contribution is 2.60. The minimum atomic E-state index is -1.43. The van der Waals surface area contributed by atoms with Gasteiger partial charge in [-0.15, -0.1) is 0 Å². The topological polar surface area (TPSA) is 35.5 Å². The third kappa shape index (κ3) is 3.98. The number of esters is 1. The van der Waals surface area contributed by atoms with Gasteiger partial charge in [0.2, 0.25) is 0 Å². The molecule has 0 radical (unpaired) electrons. The maximum atomic E-state index is 14.2. The fourth-order valence-corrected chi connectivity index (χ4v) is 3.45. The molecule has 0 amide bonds. The first-order chi connectivity index (χ1) is 12.0. The van der Waals surface area contributed by atoms with E-state index in [0.29, 0.717) is 0 Å². The molecule has 9 heteroatoms. The molecule has 0 heterocycles. The average molecular weight is 432 g/mol. The molecule has 1 aliphatic rings. The van der Waals surface area contributed by atoms with E-state index in [-0.39, 0.29) is 10.4 Å². The zero-order valence-corrected chi connectivity index (χ0v) is 16.4. The lowest BCUT2D eigenvalue weighted by Gasteiger charge is -2.13. The summed E-state index contributed by atoms with van der Waals surface area (Å²) in [5.41, 5.74) is -1.65. The van der Waals surface area contributed by atoms with Gasteiger partial charge < -0.3 is 9.47 Å². The molecule has 1 saturated carbocycles. The summed E-state index contributed by atoms with van der Waals surface area (Å²) >= 11 is 17.0. The third-order valence-electron chi connectivity index (χ3n) is 4.56. The Morgan fingerprint density at radius 3 is 2.23 bits per heavy atom. The molecule has 144 valence electrons. The van der Waals surface area contributed by atoms with Gasteiger partial charge in [0, 0.05) is 12.7 Å². The van der Waals surface area contributed by atoms with Gasteiger partial charge in [0.05, 0.1) is 23.1 Å². The van der Waals surface area contributed by atoms with E-state index in [2.05, 4.69) is 4.74 Å². The van der Waals surface area contributed by atoms with Crippen molar-refractivity contribution in [3.63, 3.8) is 0 Å². The van der Waals surface area contributed by atoms with Crippen LogP contribution in [0.1, 0.15) is 25.0 Å². The Balaban J connectivity index is 2.18. The van der Waals surface area contributed by atoms with Crippen LogP contribution in [-0.2, 0) is 27.5 Å². The van der Waals surface area contributed by atoms with E-state index in [0.717, 1.165) is 0 Å².